The Labute approximate surface area is 495 Å². The molecule has 6 rings (SSSR count). The molecule has 496 valence electrons. The average molecular weight is 1270 g/mol. The molecule has 8 unspecified atom stereocenters. The lowest BCUT2D eigenvalue weighted by atomic mass is 9.92. The van der Waals surface area contributed by atoms with Crippen molar-refractivity contribution < 1.29 is 136 Å². The van der Waals surface area contributed by atoms with Crippen molar-refractivity contribution in [1.29, 1.82) is 0 Å². The normalized spacial score (nSPS) is 37.7. The van der Waals surface area contributed by atoms with Crippen molar-refractivity contribution in [1.82, 2.24) is 14.7 Å². The van der Waals surface area contributed by atoms with Gasteiger partial charge < -0.3 is 109 Å². The van der Waals surface area contributed by atoms with Crippen LogP contribution in [-0.4, -0.2) is 289 Å². The summed E-state index contributed by atoms with van der Waals surface area (Å²) in [6, 6.07) is -2.49. The fraction of sp³-hybridized carbons (Fsp3) is 0.942. The third-order valence-corrected chi connectivity index (χ3v) is 18.2. The van der Waals surface area contributed by atoms with Gasteiger partial charge in [0.05, 0.1) is 120 Å². The lowest BCUT2D eigenvalue weighted by molar-refractivity contribution is -0.282. The van der Waals surface area contributed by atoms with Crippen molar-refractivity contribution in [2.75, 3.05) is 79.1 Å². The van der Waals surface area contributed by atoms with E-state index >= 15 is 0 Å². The highest BCUT2D eigenvalue weighted by molar-refractivity contribution is 7.47. The summed E-state index contributed by atoms with van der Waals surface area (Å²) < 4.78 is 89.2. The van der Waals surface area contributed by atoms with Crippen LogP contribution in [0.15, 0.2) is 0 Å². The Balaban J connectivity index is 0.0000132. The number of nitrogens with zero attached hydrogens (tertiary/aromatic N) is 3. The van der Waals surface area contributed by atoms with E-state index in [1.54, 1.807) is 34.6 Å². The molecule has 0 aromatic rings. The Morgan fingerprint density at radius 2 is 0.824 bits per heavy atom. The average Bonchev–Trinajstić information content (AvgIpc) is 4.34. The first kappa shape index (κ1) is 73.7. The number of carbonyl (C=O) groups excluding carboxylic acids is 3. The van der Waals surface area contributed by atoms with E-state index in [1.807, 2.05) is 0 Å². The van der Waals surface area contributed by atoms with Crippen LogP contribution in [-0.2, 0) is 74.8 Å². The van der Waals surface area contributed by atoms with E-state index in [0.717, 1.165) is 0 Å². The van der Waals surface area contributed by atoms with Crippen LogP contribution >= 0.6 is 15.6 Å². The zero-order valence-corrected chi connectivity index (χ0v) is 50.0. The molecule has 0 aromatic carbocycles. The van der Waals surface area contributed by atoms with E-state index in [9.17, 15) is 84.4 Å². The van der Waals surface area contributed by atoms with Crippen LogP contribution in [0.1, 0.15) is 99.8 Å². The summed E-state index contributed by atoms with van der Waals surface area (Å²) in [6.07, 6.45) is -17.4. The molecule has 3 amide bonds. The van der Waals surface area contributed by atoms with Gasteiger partial charge >= 0.3 is 15.6 Å². The van der Waals surface area contributed by atoms with Crippen molar-refractivity contribution in [2.24, 2.45) is 17.8 Å². The highest BCUT2D eigenvalue weighted by Crippen LogP contribution is 2.50. The SMILES string of the molecule is C.CC(C)OC[C@@H]1C[C@@H](OP(=O)(O)OC[C@@H]2C[C@@H](OP(=O)(O)OC[C@@H]3C[C@@H](O)CN3C(=O)CCCO[C@@H]3OC(CO)[C@H](O)[C@H](O)C3C)CN2C(=O)CCCO[C@@H]2OC(CO)[C@H](O)[C@H](O)C2C)CN1C(=O)CCCO[C@@H]1OC(CO)[C@H](O)[C@H](O)C1C. The first-order chi connectivity index (χ1) is 39.7. The van der Waals surface area contributed by atoms with E-state index in [1.165, 1.54) is 14.7 Å². The summed E-state index contributed by atoms with van der Waals surface area (Å²) in [5.41, 5.74) is 0. The zero-order chi connectivity index (χ0) is 61.8. The van der Waals surface area contributed by atoms with E-state index < -0.39 is 188 Å². The minimum absolute atomic E-state index is 0. The number of carbonyl (C=O) groups is 3. The maximum atomic E-state index is 13.9. The largest absolute Gasteiger partial charge is 0.472 e. The lowest BCUT2D eigenvalue weighted by Gasteiger charge is -2.40. The Morgan fingerprint density at radius 3 is 1.15 bits per heavy atom. The van der Waals surface area contributed by atoms with Gasteiger partial charge in [0, 0.05) is 56.7 Å². The third-order valence-electron chi connectivity index (χ3n) is 16.2. The topological polar surface area (TPSA) is 439 Å². The number of phosphoric acid groups is 2. The molecule has 0 spiro atoms. The number of aliphatic hydroxyl groups is 10. The molecule has 6 aliphatic rings. The minimum Gasteiger partial charge on any atom is -0.394 e. The smallest absolute Gasteiger partial charge is 0.394 e. The van der Waals surface area contributed by atoms with Crippen molar-refractivity contribution in [3.63, 3.8) is 0 Å². The van der Waals surface area contributed by atoms with Gasteiger partial charge in [0.25, 0.3) is 0 Å². The summed E-state index contributed by atoms with van der Waals surface area (Å²) >= 11 is 0. The van der Waals surface area contributed by atoms with Crippen LogP contribution in [0.25, 0.3) is 0 Å². The maximum Gasteiger partial charge on any atom is 0.472 e. The summed E-state index contributed by atoms with van der Waals surface area (Å²) in [5.74, 6) is -3.33. The van der Waals surface area contributed by atoms with Crippen LogP contribution in [0.2, 0.25) is 0 Å². The van der Waals surface area contributed by atoms with Crippen LogP contribution < -0.4 is 0 Å². The number of amides is 3. The molecule has 0 aliphatic carbocycles. The zero-order valence-electron chi connectivity index (χ0n) is 48.2. The van der Waals surface area contributed by atoms with Gasteiger partial charge in [0.2, 0.25) is 17.7 Å². The van der Waals surface area contributed by atoms with Gasteiger partial charge in [-0.15, -0.1) is 0 Å². The molecular formula is C52H95N3O28P2. The fourth-order valence-electron chi connectivity index (χ4n) is 11.2. The molecule has 85 heavy (non-hydrogen) atoms. The van der Waals surface area contributed by atoms with Gasteiger partial charge in [0.15, 0.2) is 18.9 Å². The number of hydrogen-bond acceptors (Lipinski definition) is 26. The highest BCUT2D eigenvalue weighted by Gasteiger charge is 2.48. The van der Waals surface area contributed by atoms with E-state index in [2.05, 4.69) is 0 Å². The number of β-amino-alcohol motifs (C(OH)–C–C–N with tert-alkyl or cyclic N) is 1. The second-order valence-electron chi connectivity index (χ2n) is 22.9. The molecule has 0 radical (unpaired) electrons. The number of rotatable bonds is 31. The molecular weight excluding hydrogens is 1180 g/mol. The van der Waals surface area contributed by atoms with Crippen molar-refractivity contribution in [3.05, 3.63) is 0 Å². The Morgan fingerprint density at radius 1 is 0.506 bits per heavy atom. The summed E-state index contributed by atoms with van der Waals surface area (Å²) in [7, 11) is -9.99. The van der Waals surface area contributed by atoms with Crippen LogP contribution in [0.3, 0.4) is 0 Å². The van der Waals surface area contributed by atoms with Gasteiger partial charge in [-0.3, -0.25) is 32.5 Å². The first-order valence-corrected chi connectivity index (χ1v) is 31.9. The van der Waals surface area contributed by atoms with Crippen molar-refractivity contribution in [3.8, 4) is 0 Å². The first-order valence-electron chi connectivity index (χ1n) is 28.9. The summed E-state index contributed by atoms with van der Waals surface area (Å²) in [4.78, 5) is 67.1. The predicted octanol–water partition coefficient (Wildman–Crippen LogP) is -2.17. The minimum atomic E-state index is -5.00. The van der Waals surface area contributed by atoms with Gasteiger partial charge in [-0.25, -0.2) is 9.13 Å². The second kappa shape index (κ2) is 33.9. The van der Waals surface area contributed by atoms with Crippen molar-refractivity contribution in [2.45, 2.75) is 216 Å². The fourth-order valence-corrected chi connectivity index (χ4v) is 13.1. The summed E-state index contributed by atoms with van der Waals surface area (Å²) in [5, 5.41) is 101. The van der Waals surface area contributed by atoms with Gasteiger partial charge in [-0.1, -0.05) is 28.2 Å². The van der Waals surface area contributed by atoms with E-state index in [-0.39, 0.29) is 123 Å². The highest BCUT2D eigenvalue weighted by atomic mass is 31.2. The van der Waals surface area contributed by atoms with Gasteiger partial charge in [-0.05, 0) is 52.4 Å². The molecule has 0 aromatic heterocycles. The van der Waals surface area contributed by atoms with Crippen molar-refractivity contribution >= 4 is 33.4 Å². The van der Waals surface area contributed by atoms with Gasteiger partial charge in [0.1, 0.15) is 36.6 Å². The molecule has 0 bridgehead atoms. The molecule has 23 atom stereocenters. The van der Waals surface area contributed by atoms with Gasteiger partial charge in [-0.2, -0.15) is 0 Å². The lowest BCUT2D eigenvalue weighted by Crippen LogP contribution is -2.55. The number of aliphatic hydroxyl groups excluding tert-OH is 10. The second-order valence-corrected chi connectivity index (χ2v) is 25.8. The van der Waals surface area contributed by atoms with E-state index in [4.69, 9.17) is 51.3 Å². The van der Waals surface area contributed by atoms with Crippen LogP contribution in [0.5, 0.6) is 0 Å². The monoisotopic (exact) mass is 1270 g/mol. The number of likely N-dealkylation sites (tertiary alicyclic amines) is 3. The quantitative estimate of drug-likeness (QED) is 0.0260. The number of phosphoric ester groups is 2. The maximum absolute atomic E-state index is 13.9. The molecule has 31 nitrogen and oxygen atoms in total. The van der Waals surface area contributed by atoms with Crippen LogP contribution in [0, 0.1) is 17.8 Å². The molecule has 33 heteroatoms. The Kier molecular flexibility index (Phi) is 29.3. The summed E-state index contributed by atoms with van der Waals surface area (Å²) in [6.45, 7) is 4.92. The van der Waals surface area contributed by atoms with E-state index in [0.29, 0.717) is 0 Å². The Hall–Kier alpha value is -2.05. The third kappa shape index (κ3) is 20.5. The predicted molar refractivity (Wildman–Crippen MR) is 292 cm³/mol. The van der Waals surface area contributed by atoms with Crippen LogP contribution in [0.4, 0.5) is 0 Å². The molecule has 6 saturated heterocycles. The molecule has 6 fully saturated rings. The number of hydrogen-bond donors (Lipinski definition) is 12. The Bertz CT molecular complexity index is 2160. The molecule has 6 heterocycles. The molecule has 0 saturated carbocycles. The molecule has 6 aliphatic heterocycles. The number of ether oxygens (including phenoxy) is 7. The molecule has 12 N–H and O–H groups in total. The standard InChI is InChI=1S/C51H91N3O28P2.CH4/c1-27(2)75-24-32-16-35(19-53(32)41(60)10-7-13-73-50-29(4)44(63)47(66)38(22-56)79-50)81-84(70,71)77-26-33-17-36(20-54(33)42(61)11-8-14-74-51-30(5)45(64)48(67)39(23-57)80-51)82-83(68,69)76-25-31-15-34(58)18-52(31)40(59)9-6-12-72-49-28(3)43(62)46(65)37(21-55)78-49;/h27-39,43-51,55-58,62-67H,6-26H2,1-5H3,(H,68,69)(H,70,71);1H4/t28?,29?,30?,31-,32-,33-,34+,35+,36+,37?,38?,39?,43+,44+,45+,46-,47-,48-,49+,50+,51+;/m0./s1.